The molecule has 25 heavy (non-hydrogen) atoms. The van der Waals surface area contributed by atoms with Crippen LogP contribution in [0.15, 0.2) is 61.1 Å². The third kappa shape index (κ3) is 4.25. The van der Waals surface area contributed by atoms with Crippen molar-refractivity contribution >= 4 is 17.5 Å². The van der Waals surface area contributed by atoms with E-state index in [0.29, 0.717) is 5.02 Å². The molecule has 128 valence electrons. The van der Waals surface area contributed by atoms with Crippen molar-refractivity contribution in [3.8, 4) is 11.3 Å². The fraction of sp³-hybridized carbons (Fsp3) is 0.211. The summed E-state index contributed by atoms with van der Waals surface area (Å²) in [5, 5.41) is 8.00. The van der Waals surface area contributed by atoms with Gasteiger partial charge in [0.2, 0.25) is 5.91 Å². The van der Waals surface area contributed by atoms with Crippen LogP contribution in [0.2, 0.25) is 5.02 Å². The molecule has 0 bridgehead atoms. The van der Waals surface area contributed by atoms with E-state index in [2.05, 4.69) is 15.4 Å². The number of aromatic nitrogens is 3. The monoisotopic (exact) mass is 354 g/mol. The van der Waals surface area contributed by atoms with Crippen LogP contribution in [0.1, 0.15) is 24.9 Å². The Labute approximate surface area is 151 Å². The van der Waals surface area contributed by atoms with Crippen molar-refractivity contribution < 1.29 is 4.79 Å². The molecule has 0 saturated carbocycles. The van der Waals surface area contributed by atoms with Crippen molar-refractivity contribution in [2.24, 2.45) is 0 Å². The number of benzene rings is 1. The smallest absolute Gasteiger partial charge is 0.242 e. The molecule has 1 atom stereocenters. The van der Waals surface area contributed by atoms with Gasteiger partial charge >= 0.3 is 0 Å². The van der Waals surface area contributed by atoms with Crippen LogP contribution in [0, 0.1) is 0 Å². The zero-order valence-electron chi connectivity index (χ0n) is 13.9. The normalized spacial score (nSPS) is 11.9. The zero-order valence-corrected chi connectivity index (χ0v) is 14.6. The molecule has 0 unspecified atom stereocenters. The molecule has 0 spiro atoms. The van der Waals surface area contributed by atoms with Crippen LogP contribution >= 0.6 is 11.6 Å². The molecule has 3 rings (SSSR count). The van der Waals surface area contributed by atoms with E-state index in [4.69, 9.17) is 11.6 Å². The van der Waals surface area contributed by atoms with Crippen molar-refractivity contribution in [3.63, 3.8) is 0 Å². The number of carbonyl (C=O) groups is 1. The molecule has 0 aliphatic rings. The maximum Gasteiger partial charge on any atom is 0.242 e. The van der Waals surface area contributed by atoms with E-state index in [1.54, 1.807) is 23.3 Å². The van der Waals surface area contributed by atoms with E-state index in [0.717, 1.165) is 23.2 Å². The van der Waals surface area contributed by atoms with Gasteiger partial charge in [-0.3, -0.25) is 14.5 Å². The number of nitrogens with zero attached hydrogens (tertiary/aromatic N) is 3. The summed E-state index contributed by atoms with van der Waals surface area (Å²) in [7, 11) is 0. The average molecular weight is 355 g/mol. The quantitative estimate of drug-likeness (QED) is 0.731. The summed E-state index contributed by atoms with van der Waals surface area (Å²) in [6.07, 6.45) is 5.96. The molecule has 0 fully saturated rings. The van der Waals surface area contributed by atoms with Gasteiger partial charge in [-0.2, -0.15) is 5.10 Å². The largest absolute Gasteiger partial charge is 0.348 e. The molecule has 5 nitrogen and oxygen atoms in total. The van der Waals surface area contributed by atoms with E-state index in [9.17, 15) is 4.79 Å². The average Bonchev–Trinajstić information content (AvgIpc) is 3.09. The molecule has 3 aromatic rings. The van der Waals surface area contributed by atoms with E-state index >= 15 is 0 Å². The Bertz CT molecular complexity index is 830. The molecule has 2 heterocycles. The number of amides is 1. The van der Waals surface area contributed by atoms with Crippen LogP contribution in [0.4, 0.5) is 0 Å². The molecule has 0 saturated heterocycles. The third-order valence-electron chi connectivity index (χ3n) is 3.98. The Balaban J connectivity index is 1.70. The highest BCUT2D eigenvalue weighted by molar-refractivity contribution is 6.30. The van der Waals surface area contributed by atoms with Gasteiger partial charge in [0, 0.05) is 29.2 Å². The maximum atomic E-state index is 12.5. The van der Waals surface area contributed by atoms with Crippen molar-refractivity contribution in [1.29, 1.82) is 0 Å². The fourth-order valence-corrected chi connectivity index (χ4v) is 2.84. The first-order valence-electron chi connectivity index (χ1n) is 8.14. The van der Waals surface area contributed by atoms with E-state index in [1.807, 2.05) is 49.4 Å². The number of nitrogens with one attached hydrogen (secondary N) is 1. The molecule has 1 amide bonds. The second kappa shape index (κ2) is 7.94. The molecule has 1 aromatic carbocycles. The standard InChI is InChI=1S/C19H19ClN4O/c1-2-17(14-5-7-16(20)8-6-14)23-19(25)13-24-18(9-11-22-24)15-4-3-10-21-12-15/h3-12,17H,2,13H2,1H3,(H,23,25)/t17-/m1/s1. The lowest BCUT2D eigenvalue weighted by atomic mass is 10.0. The summed E-state index contributed by atoms with van der Waals surface area (Å²) >= 11 is 5.93. The summed E-state index contributed by atoms with van der Waals surface area (Å²) in [4.78, 5) is 16.6. The van der Waals surface area contributed by atoms with Gasteiger partial charge in [0.15, 0.2) is 0 Å². The minimum atomic E-state index is -0.0874. The van der Waals surface area contributed by atoms with Crippen LogP contribution in [0.25, 0.3) is 11.3 Å². The Morgan fingerprint density at radius 2 is 2.00 bits per heavy atom. The highest BCUT2D eigenvalue weighted by Gasteiger charge is 2.15. The van der Waals surface area contributed by atoms with Crippen molar-refractivity contribution in [2.45, 2.75) is 25.9 Å². The number of rotatable bonds is 6. The van der Waals surface area contributed by atoms with Gasteiger partial charge in [0.1, 0.15) is 6.54 Å². The van der Waals surface area contributed by atoms with Gasteiger partial charge < -0.3 is 5.32 Å². The third-order valence-corrected chi connectivity index (χ3v) is 4.24. The second-order valence-electron chi connectivity index (χ2n) is 5.70. The number of hydrogen-bond acceptors (Lipinski definition) is 3. The molecule has 6 heteroatoms. The lowest BCUT2D eigenvalue weighted by Crippen LogP contribution is -2.31. The number of pyridine rings is 1. The molecule has 0 radical (unpaired) electrons. The second-order valence-corrected chi connectivity index (χ2v) is 6.13. The first-order valence-corrected chi connectivity index (χ1v) is 8.52. The van der Waals surface area contributed by atoms with Gasteiger partial charge in [0.05, 0.1) is 11.7 Å². The number of halogens is 1. The van der Waals surface area contributed by atoms with Crippen LogP contribution in [-0.4, -0.2) is 20.7 Å². The summed E-state index contributed by atoms with van der Waals surface area (Å²) < 4.78 is 1.68. The summed E-state index contributed by atoms with van der Waals surface area (Å²) in [6.45, 7) is 2.19. The number of carbonyl (C=O) groups excluding carboxylic acids is 1. The minimum Gasteiger partial charge on any atom is -0.348 e. The molecular formula is C19H19ClN4O. The molecule has 2 aromatic heterocycles. The first-order chi connectivity index (χ1) is 12.2. The van der Waals surface area contributed by atoms with Gasteiger partial charge in [-0.05, 0) is 42.3 Å². The van der Waals surface area contributed by atoms with E-state index in [1.165, 1.54) is 0 Å². The molecular weight excluding hydrogens is 336 g/mol. The highest BCUT2D eigenvalue weighted by Crippen LogP contribution is 2.20. The van der Waals surface area contributed by atoms with E-state index < -0.39 is 0 Å². The first kappa shape index (κ1) is 17.2. The van der Waals surface area contributed by atoms with Crippen LogP contribution in [0.3, 0.4) is 0 Å². The minimum absolute atomic E-state index is 0.0535. The zero-order chi connectivity index (χ0) is 17.6. The Morgan fingerprint density at radius 3 is 2.68 bits per heavy atom. The van der Waals surface area contributed by atoms with Gasteiger partial charge in [-0.15, -0.1) is 0 Å². The topological polar surface area (TPSA) is 59.8 Å². The van der Waals surface area contributed by atoms with Gasteiger partial charge in [-0.1, -0.05) is 30.7 Å². The predicted octanol–water partition coefficient (Wildman–Crippen LogP) is 3.87. The lowest BCUT2D eigenvalue weighted by molar-refractivity contribution is -0.122. The van der Waals surface area contributed by atoms with Crippen molar-refractivity contribution in [1.82, 2.24) is 20.1 Å². The molecule has 0 aliphatic heterocycles. The Kier molecular flexibility index (Phi) is 5.46. The van der Waals surface area contributed by atoms with Gasteiger partial charge in [-0.25, -0.2) is 0 Å². The summed E-state index contributed by atoms with van der Waals surface area (Å²) in [5.41, 5.74) is 2.83. The van der Waals surface area contributed by atoms with Crippen LogP contribution < -0.4 is 5.32 Å². The molecule has 1 N–H and O–H groups in total. The summed E-state index contributed by atoms with van der Waals surface area (Å²) in [6, 6.07) is 13.2. The van der Waals surface area contributed by atoms with Crippen LogP contribution in [0.5, 0.6) is 0 Å². The highest BCUT2D eigenvalue weighted by atomic mass is 35.5. The maximum absolute atomic E-state index is 12.5. The Hall–Kier alpha value is -2.66. The Morgan fingerprint density at radius 1 is 1.20 bits per heavy atom. The van der Waals surface area contributed by atoms with Crippen molar-refractivity contribution in [3.05, 3.63) is 71.6 Å². The lowest BCUT2D eigenvalue weighted by Gasteiger charge is -2.18. The number of hydrogen-bond donors (Lipinski definition) is 1. The van der Waals surface area contributed by atoms with Crippen molar-refractivity contribution in [2.75, 3.05) is 0 Å². The fourth-order valence-electron chi connectivity index (χ4n) is 2.71. The summed E-state index contributed by atoms with van der Waals surface area (Å²) in [5.74, 6) is -0.0874. The predicted molar refractivity (Wildman–Crippen MR) is 98.1 cm³/mol. The van der Waals surface area contributed by atoms with E-state index in [-0.39, 0.29) is 18.5 Å². The van der Waals surface area contributed by atoms with Gasteiger partial charge in [0.25, 0.3) is 0 Å². The molecule has 0 aliphatic carbocycles. The SMILES string of the molecule is CC[C@@H](NC(=O)Cn1nccc1-c1cccnc1)c1ccc(Cl)cc1. The van der Waals surface area contributed by atoms with Crippen LogP contribution in [-0.2, 0) is 11.3 Å².